The molecule has 6 heteroatoms. The molecule has 0 aliphatic carbocycles. The first-order valence-electron chi connectivity index (χ1n) is 3.00. The van der Waals surface area contributed by atoms with Crippen LogP contribution in [0.5, 0.6) is 0 Å². The van der Waals surface area contributed by atoms with Gasteiger partial charge in [-0.15, -0.1) is 5.10 Å². The Kier molecular flexibility index (Phi) is 0.974. The number of hydrogen-bond donors (Lipinski definition) is 2. The summed E-state index contributed by atoms with van der Waals surface area (Å²) in [6.07, 6.45) is 1.65. The van der Waals surface area contributed by atoms with E-state index in [4.69, 9.17) is 11.5 Å². The van der Waals surface area contributed by atoms with Crippen LogP contribution in [0, 0.1) is 0 Å². The number of fused-ring (bicyclic) bond motifs is 1. The van der Waals surface area contributed by atoms with Gasteiger partial charge in [-0.25, -0.2) is 4.52 Å². The average molecular weight is 150 g/mol. The third-order valence-electron chi connectivity index (χ3n) is 1.25. The van der Waals surface area contributed by atoms with E-state index in [1.54, 1.807) is 12.3 Å². The molecule has 2 heterocycles. The number of nitrogen functional groups attached to an aromatic ring is 2. The molecule has 0 bridgehead atoms. The Hall–Kier alpha value is -1.85. The van der Waals surface area contributed by atoms with Gasteiger partial charge in [0.15, 0.2) is 0 Å². The molecule has 4 N–H and O–H groups in total. The summed E-state index contributed by atoms with van der Waals surface area (Å²) in [5, 5.41) is 3.82. The van der Waals surface area contributed by atoms with Gasteiger partial charge in [-0.05, 0) is 6.07 Å². The molecule has 6 nitrogen and oxygen atoms in total. The lowest BCUT2D eigenvalue weighted by atomic mass is 10.6. The standard InChI is InChI=1S/C5H6N6/c6-3-1-2-11-5(8-3)9-4(7)10-11/h1-2H,(H4,6,7,8,9,10). The van der Waals surface area contributed by atoms with Crippen molar-refractivity contribution in [2.75, 3.05) is 11.5 Å². The van der Waals surface area contributed by atoms with E-state index in [1.165, 1.54) is 4.52 Å². The average Bonchev–Trinajstić information content (AvgIpc) is 2.27. The van der Waals surface area contributed by atoms with E-state index < -0.39 is 0 Å². The lowest BCUT2D eigenvalue weighted by molar-refractivity contribution is 0.947. The van der Waals surface area contributed by atoms with E-state index in [-0.39, 0.29) is 5.95 Å². The highest BCUT2D eigenvalue weighted by molar-refractivity contribution is 5.40. The predicted molar refractivity (Wildman–Crippen MR) is 39.6 cm³/mol. The van der Waals surface area contributed by atoms with Crippen molar-refractivity contribution in [1.82, 2.24) is 19.6 Å². The van der Waals surface area contributed by atoms with Crippen molar-refractivity contribution in [2.45, 2.75) is 0 Å². The molecule has 0 aliphatic heterocycles. The molecule has 0 saturated heterocycles. The van der Waals surface area contributed by atoms with Gasteiger partial charge in [-0.2, -0.15) is 9.97 Å². The van der Waals surface area contributed by atoms with Crippen LogP contribution in [0.25, 0.3) is 5.78 Å². The number of anilines is 2. The number of aromatic nitrogens is 4. The van der Waals surface area contributed by atoms with Gasteiger partial charge < -0.3 is 11.5 Å². The van der Waals surface area contributed by atoms with Crippen LogP contribution in [0.1, 0.15) is 0 Å². The highest BCUT2D eigenvalue weighted by Gasteiger charge is 1.99. The van der Waals surface area contributed by atoms with E-state index in [2.05, 4.69) is 15.1 Å². The molecule has 0 radical (unpaired) electrons. The zero-order valence-corrected chi connectivity index (χ0v) is 5.60. The Morgan fingerprint density at radius 2 is 2.09 bits per heavy atom. The van der Waals surface area contributed by atoms with Crippen LogP contribution in [0.4, 0.5) is 11.8 Å². The lowest BCUT2D eigenvalue weighted by Crippen LogP contribution is -1.94. The summed E-state index contributed by atoms with van der Waals surface area (Å²) in [4.78, 5) is 7.70. The molecule has 0 spiro atoms. The number of nitrogens with zero attached hydrogens (tertiary/aromatic N) is 4. The summed E-state index contributed by atoms with van der Waals surface area (Å²) in [6.45, 7) is 0. The minimum atomic E-state index is 0.197. The zero-order chi connectivity index (χ0) is 7.84. The van der Waals surface area contributed by atoms with Crippen molar-refractivity contribution in [3.8, 4) is 0 Å². The summed E-state index contributed by atoms with van der Waals surface area (Å²) in [6, 6.07) is 1.63. The lowest BCUT2D eigenvalue weighted by Gasteiger charge is -1.89. The Balaban J connectivity index is 2.82. The van der Waals surface area contributed by atoms with Gasteiger partial charge in [-0.1, -0.05) is 0 Å². The molecule has 0 aromatic carbocycles. The zero-order valence-electron chi connectivity index (χ0n) is 5.60. The molecule has 0 aliphatic rings. The highest BCUT2D eigenvalue weighted by Crippen LogP contribution is 2.01. The van der Waals surface area contributed by atoms with Gasteiger partial charge >= 0.3 is 0 Å². The van der Waals surface area contributed by atoms with Crippen molar-refractivity contribution >= 4 is 17.5 Å². The quantitative estimate of drug-likeness (QED) is 0.517. The largest absolute Gasteiger partial charge is 0.384 e. The molecule has 0 saturated carbocycles. The molecule has 0 amide bonds. The Bertz CT molecular complexity index is 391. The molecule has 2 aromatic rings. The van der Waals surface area contributed by atoms with Gasteiger partial charge in [0.2, 0.25) is 5.95 Å². The van der Waals surface area contributed by atoms with Crippen molar-refractivity contribution in [3.63, 3.8) is 0 Å². The SMILES string of the molecule is Nc1ccn2nc(N)nc2n1. The highest BCUT2D eigenvalue weighted by atomic mass is 15.4. The van der Waals surface area contributed by atoms with E-state index in [0.29, 0.717) is 11.6 Å². The van der Waals surface area contributed by atoms with E-state index in [0.717, 1.165) is 0 Å². The maximum Gasteiger partial charge on any atom is 0.255 e. The maximum absolute atomic E-state index is 5.40. The van der Waals surface area contributed by atoms with Crippen molar-refractivity contribution < 1.29 is 0 Å². The maximum atomic E-state index is 5.40. The summed E-state index contributed by atoms with van der Waals surface area (Å²) < 4.78 is 1.46. The molecular formula is C5H6N6. The van der Waals surface area contributed by atoms with Crippen LogP contribution in [-0.2, 0) is 0 Å². The first-order chi connectivity index (χ1) is 5.25. The molecule has 56 valence electrons. The van der Waals surface area contributed by atoms with Crippen LogP contribution in [-0.4, -0.2) is 19.6 Å². The molecular weight excluding hydrogens is 144 g/mol. The van der Waals surface area contributed by atoms with E-state index in [9.17, 15) is 0 Å². The van der Waals surface area contributed by atoms with Crippen molar-refractivity contribution in [3.05, 3.63) is 12.3 Å². The fourth-order valence-corrected chi connectivity index (χ4v) is 0.807. The second-order valence-corrected chi connectivity index (χ2v) is 2.07. The molecule has 0 unspecified atom stereocenters. The molecule has 11 heavy (non-hydrogen) atoms. The monoisotopic (exact) mass is 150 g/mol. The Morgan fingerprint density at radius 3 is 2.91 bits per heavy atom. The van der Waals surface area contributed by atoms with Crippen molar-refractivity contribution in [1.29, 1.82) is 0 Å². The number of rotatable bonds is 0. The molecule has 0 atom stereocenters. The second kappa shape index (κ2) is 1.82. The molecule has 2 aromatic heterocycles. The van der Waals surface area contributed by atoms with Gasteiger partial charge in [0.1, 0.15) is 5.82 Å². The summed E-state index contributed by atoms with van der Waals surface area (Å²) in [7, 11) is 0. The smallest absolute Gasteiger partial charge is 0.255 e. The van der Waals surface area contributed by atoms with Crippen LogP contribution < -0.4 is 11.5 Å². The van der Waals surface area contributed by atoms with E-state index >= 15 is 0 Å². The summed E-state index contributed by atoms with van der Waals surface area (Å²) in [5.41, 5.74) is 10.7. The normalized spacial score (nSPS) is 10.5. The van der Waals surface area contributed by atoms with Crippen LogP contribution >= 0.6 is 0 Å². The van der Waals surface area contributed by atoms with Crippen LogP contribution in [0.15, 0.2) is 12.3 Å². The van der Waals surface area contributed by atoms with Gasteiger partial charge in [0, 0.05) is 6.20 Å². The minimum absolute atomic E-state index is 0.197. The third kappa shape index (κ3) is 0.841. The Morgan fingerprint density at radius 1 is 1.27 bits per heavy atom. The minimum Gasteiger partial charge on any atom is -0.384 e. The van der Waals surface area contributed by atoms with Crippen LogP contribution in [0.2, 0.25) is 0 Å². The topological polar surface area (TPSA) is 95.1 Å². The molecule has 2 rings (SSSR count). The fourth-order valence-electron chi connectivity index (χ4n) is 0.807. The second-order valence-electron chi connectivity index (χ2n) is 2.07. The van der Waals surface area contributed by atoms with Crippen LogP contribution in [0.3, 0.4) is 0 Å². The van der Waals surface area contributed by atoms with Crippen molar-refractivity contribution in [2.24, 2.45) is 0 Å². The number of nitrogens with two attached hydrogens (primary N) is 2. The molecule has 0 fully saturated rings. The van der Waals surface area contributed by atoms with Gasteiger partial charge in [-0.3, -0.25) is 0 Å². The number of hydrogen-bond acceptors (Lipinski definition) is 5. The Labute approximate surface area is 61.9 Å². The third-order valence-corrected chi connectivity index (χ3v) is 1.25. The predicted octanol–water partition coefficient (Wildman–Crippen LogP) is -0.711. The summed E-state index contributed by atoms with van der Waals surface area (Å²) >= 11 is 0. The first-order valence-corrected chi connectivity index (χ1v) is 3.00. The van der Waals surface area contributed by atoms with Gasteiger partial charge in [0.05, 0.1) is 0 Å². The van der Waals surface area contributed by atoms with E-state index in [1.807, 2.05) is 0 Å². The summed E-state index contributed by atoms with van der Waals surface area (Å²) in [5.74, 6) is 1.02. The first kappa shape index (κ1) is 5.90. The van der Waals surface area contributed by atoms with Gasteiger partial charge in [0.25, 0.3) is 5.78 Å². The fraction of sp³-hybridized carbons (Fsp3) is 0.